The lowest BCUT2D eigenvalue weighted by Gasteiger charge is -2.20. The molecule has 1 aromatic heterocycles. The van der Waals surface area contributed by atoms with Crippen LogP contribution in [0.5, 0.6) is 11.5 Å². The van der Waals surface area contributed by atoms with Gasteiger partial charge in [0.15, 0.2) is 20.8 Å². The normalized spacial score (nSPS) is 17.7. The largest absolute Gasteiger partial charge is 0.493 e. The summed E-state index contributed by atoms with van der Waals surface area (Å²) >= 11 is 0.878. The molecule has 3 aromatic rings. The number of ether oxygens (including phenoxy) is 2. The molecule has 1 unspecified atom stereocenters. The predicted octanol–water partition coefficient (Wildman–Crippen LogP) is 5.06. The van der Waals surface area contributed by atoms with Crippen molar-refractivity contribution in [2.45, 2.75) is 62.2 Å². The molecule has 2 aromatic carbocycles. The second-order valence-corrected chi connectivity index (χ2v) is 12.9. The Kier molecular flexibility index (Phi) is 7.99. The lowest BCUT2D eigenvalue weighted by atomic mass is 9.98. The maximum atomic E-state index is 13.1. The molecule has 2 fully saturated rings. The van der Waals surface area contributed by atoms with Crippen molar-refractivity contribution in [3.8, 4) is 11.5 Å². The van der Waals surface area contributed by atoms with Gasteiger partial charge in [-0.2, -0.15) is 0 Å². The number of rotatable bonds is 9. The van der Waals surface area contributed by atoms with Crippen LogP contribution < -0.4 is 24.4 Å². The van der Waals surface area contributed by atoms with Gasteiger partial charge in [-0.25, -0.2) is 13.4 Å². The molecule has 0 bridgehead atoms. The Labute approximate surface area is 237 Å². The Hall–Kier alpha value is -3.64. The van der Waals surface area contributed by atoms with E-state index >= 15 is 0 Å². The van der Waals surface area contributed by atoms with Gasteiger partial charge in [0.2, 0.25) is 11.8 Å². The minimum absolute atomic E-state index is 0.00842. The number of thiazole rings is 1. The first kappa shape index (κ1) is 27.9. The van der Waals surface area contributed by atoms with Crippen LogP contribution >= 0.6 is 11.3 Å². The molecule has 1 saturated heterocycles. The van der Waals surface area contributed by atoms with Crippen molar-refractivity contribution in [1.29, 1.82) is 0 Å². The average Bonchev–Trinajstić information content (AvgIpc) is 3.64. The van der Waals surface area contributed by atoms with Gasteiger partial charge in [-0.3, -0.25) is 14.3 Å². The molecular formula is C28H32N4O6S2. The molecule has 1 aliphatic carbocycles. The molecule has 12 heteroatoms. The number of nitrogens with zero attached hydrogens (tertiary/aromatic N) is 2. The lowest BCUT2D eigenvalue weighted by molar-refractivity contribution is -0.117. The van der Waals surface area contributed by atoms with Gasteiger partial charge in [0, 0.05) is 31.5 Å². The van der Waals surface area contributed by atoms with Gasteiger partial charge in [0.25, 0.3) is 10.0 Å². The fourth-order valence-corrected chi connectivity index (χ4v) is 7.69. The summed E-state index contributed by atoms with van der Waals surface area (Å²) in [6.45, 7) is 3.36. The van der Waals surface area contributed by atoms with Gasteiger partial charge in [0.05, 0.1) is 24.6 Å². The first-order valence-electron chi connectivity index (χ1n) is 13.2. The Balaban J connectivity index is 1.32. The number of aryl methyl sites for hydroxylation is 1. The molecule has 2 N–H and O–H groups in total. The molecule has 1 aliphatic heterocycles. The molecule has 5 rings (SSSR count). The van der Waals surface area contributed by atoms with Crippen LogP contribution in [-0.4, -0.2) is 45.0 Å². The Morgan fingerprint density at radius 2 is 1.90 bits per heavy atom. The number of anilines is 3. The smallest absolute Gasteiger partial charge is 0.273 e. The van der Waals surface area contributed by atoms with Crippen LogP contribution in [0.3, 0.4) is 0 Å². The number of amides is 2. The summed E-state index contributed by atoms with van der Waals surface area (Å²) < 4.78 is 40.6. The Morgan fingerprint density at radius 3 is 2.62 bits per heavy atom. The quantitative estimate of drug-likeness (QED) is 0.360. The van der Waals surface area contributed by atoms with Crippen molar-refractivity contribution < 1.29 is 27.5 Å². The zero-order chi connectivity index (χ0) is 28.4. The van der Waals surface area contributed by atoms with Crippen molar-refractivity contribution in [3.05, 3.63) is 53.7 Å². The highest BCUT2D eigenvalue weighted by atomic mass is 32.2. The highest BCUT2D eigenvalue weighted by Crippen LogP contribution is 2.38. The van der Waals surface area contributed by atoms with E-state index in [0.717, 1.165) is 42.6 Å². The highest BCUT2D eigenvalue weighted by Gasteiger charge is 2.33. The molecule has 1 atom stereocenters. The van der Waals surface area contributed by atoms with Gasteiger partial charge in [0.1, 0.15) is 0 Å². The van der Waals surface area contributed by atoms with Gasteiger partial charge >= 0.3 is 0 Å². The van der Waals surface area contributed by atoms with E-state index in [1.54, 1.807) is 43.2 Å². The van der Waals surface area contributed by atoms with Crippen LogP contribution in [0, 0.1) is 6.92 Å². The summed E-state index contributed by atoms with van der Waals surface area (Å²) in [5, 5.41) is 2.73. The fraction of sp³-hybridized carbons (Fsp3) is 0.393. The van der Waals surface area contributed by atoms with E-state index < -0.39 is 10.0 Å². The molecule has 0 spiro atoms. The van der Waals surface area contributed by atoms with E-state index in [4.69, 9.17) is 9.47 Å². The number of aromatic nitrogens is 1. The van der Waals surface area contributed by atoms with Crippen LogP contribution in [0.4, 0.5) is 16.5 Å². The summed E-state index contributed by atoms with van der Waals surface area (Å²) in [7, 11) is -2.34. The van der Waals surface area contributed by atoms with Crippen molar-refractivity contribution in [3.63, 3.8) is 0 Å². The van der Waals surface area contributed by atoms with Crippen LogP contribution in [0.1, 0.15) is 56.2 Å². The molecule has 2 aliphatic rings. The predicted molar refractivity (Wildman–Crippen MR) is 154 cm³/mol. The van der Waals surface area contributed by atoms with Crippen molar-refractivity contribution >= 4 is 49.7 Å². The van der Waals surface area contributed by atoms with Gasteiger partial charge in [-0.15, -0.1) is 0 Å². The standard InChI is InChI=1S/C28H32N4O6S2/c1-17-27(39-28(29-17)30-18(2)33)40(35,36)31-21-7-6-8-22(15-21)32-16-20(14-26(32)34)19-11-12-24(37-3)25(13-19)38-23-9-4-5-10-23/h6-8,11-13,15,20,23,31H,4-5,9-10,14,16H2,1-3H3,(H,29,30,33). The monoisotopic (exact) mass is 584 g/mol. The molecule has 2 amide bonds. The van der Waals surface area contributed by atoms with E-state index in [-0.39, 0.29) is 38.9 Å². The number of nitrogens with one attached hydrogen (secondary N) is 2. The first-order chi connectivity index (χ1) is 19.1. The topological polar surface area (TPSA) is 127 Å². The zero-order valence-corrected chi connectivity index (χ0v) is 24.2. The lowest BCUT2D eigenvalue weighted by Crippen LogP contribution is -2.24. The number of benzene rings is 2. The maximum absolute atomic E-state index is 13.1. The van der Waals surface area contributed by atoms with E-state index in [1.165, 1.54) is 6.92 Å². The van der Waals surface area contributed by atoms with E-state index in [9.17, 15) is 18.0 Å². The first-order valence-corrected chi connectivity index (χ1v) is 15.5. The minimum Gasteiger partial charge on any atom is -0.493 e. The molecule has 2 heterocycles. The van der Waals surface area contributed by atoms with Crippen molar-refractivity contribution in [2.24, 2.45) is 0 Å². The molecule has 1 saturated carbocycles. The van der Waals surface area contributed by atoms with E-state index in [2.05, 4.69) is 15.0 Å². The number of sulfonamides is 1. The summed E-state index contributed by atoms with van der Waals surface area (Å²) in [4.78, 5) is 30.2. The summed E-state index contributed by atoms with van der Waals surface area (Å²) in [5.41, 5.74) is 2.20. The molecular weight excluding hydrogens is 552 g/mol. The van der Waals surface area contributed by atoms with Gasteiger partial charge in [-0.05, 0) is 68.5 Å². The Morgan fingerprint density at radius 1 is 1.12 bits per heavy atom. The highest BCUT2D eigenvalue weighted by molar-refractivity contribution is 7.94. The number of hydrogen-bond acceptors (Lipinski definition) is 8. The van der Waals surface area contributed by atoms with E-state index in [1.807, 2.05) is 18.2 Å². The summed E-state index contributed by atoms with van der Waals surface area (Å²) in [6, 6.07) is 12.6. The van der Waals surface area contributed by atoms with Crippen molar-refractivity contribution in [2.75, 3.05) is 28.6 Å². The molecule has 10 nitrogen and oxygen atoms in total. The number of hydrogen-bond donors (Lipinski definition) is 2. The van der Waals surface area contributed by atoms with Crippen LogP contribution in [0.15, 0.2) is 46.7 Å². The second-order valence-electron chi connectivity index (χ2n) is 10.1. The number of carbonyl (C=O) groups is 2. The average molecular weight is 585 g/mol. The SMILES string of the molecule is COc1ccc(C2CC(=O)N(c3cccc(NS(=O)(=O)c4sc(NC(C)=O)nc4C)c3)C2)cc1OC1CCCC1. The summed E-state index contributed by atoms with van der Waals surface area (Å²) in [6.07, 6.45) is 4.90. The molecule has 40 heavy (non-hydrogen) atoms. The third kappa shape index (κ3) is 6.07. The zero-order valence-electron chi connectivity index (χ0n) is 22.6. The second kappa shape index (κ2) is 11.5. The van der Waals surface area contributed by atoms with Crippen LogP contribution in [0.25, 0.3) is 0 Å². The van der Waals surface area contributed by atoms with Gasteiger partial charge in [-0.1, -0.05) is 23.5 Å². The third-order valence-corrected chi connectivity index (χ3v) is 10.1. The van der Waals surface area contributed by atoms with Gasteiger partial charge < -0.3 is 19.7 Å². The summed E-state index contributed by atoms with van der Waals surface area (Å²) in [5.74, 6) is 0.958. The van der Waals surface area contributed by atoms with Crippen LogP contribution in [0.2, 0.25) is 0 Å². The number of methoxy groups -OCH3 is 1. The van der Waals surface area contributed by atoms with Crippen LogP contribution in [-0.2, 0) is 19.6 Å². The maximum Gasteiger partial charge on any atom is 0.273 e. The minimum atomic E-state index is -3.96. The Bertz CT molecular complexity index is 1530. The third-order valence-electron chi connectivity index (χ3n) is 7.07. The fourth-order valence-electron chi connectivity index (χ4n) is 5.18. The number of carbonyl (C=O) groups excluding carboxylic acids is 2. The molecule has 212 valence electrons. The van der Waals surface area contributed by atoms with E-state index in [0.29, 0.717) is 35.8 Å². The van der Waals surface area contributed by atoms with Crippen molar-refractivity contribution in [1.82, 2.24) is 4.98 Å². The molecule has 0 radical (unpaired) electrons.